The van der Waals surface area contributed by atoms with Gasteiger partial charge in [-0.15, -0.1) is 0 Å². The number of aromatic nitrogens is 2. The number of fused-ring (bicyclic) bond motifs is 1. The summed E-state index contributed by atoms with van der Waals surface area (Å²) in [6, 6.07) is 23.2. The zero-order chi connectivity index (χ0) is 23.7. The summed E-state index contributed by atoms with van der Waals surface area (Å²) in [6.07, 6.45) is -2.83. The Morgan fingerprint density at radius 3 is 2.09 bits per heavy atom. The van der Waals surface area contributed by atoms with Gasteiger partial charge in [0.15, 0.2) is 0 Å². The van der Waals surface area contributed by atoms with Crippen LogP contribution in [0.15, 0.2) is 83.7 Å². The second-order valence-electron chi connectivity index (χ2n) is 8.88. The van der Waals surface area contributed by atoms with Crippen molar-refractivity contribution in [3.05, 3.63) is 106 Å². The molecule has 2 heterocycles. The number of benzene rings is 3. The van der Waals surface area contributed by atoms with Crippen LogP contribution in [0.5, 0.6) is 0 Å². The Balaban J connectivity index is 1.43. The molecule has 0 aliphatic carbocycles. The summed E-state index contributed by atoms with van der Waals surface area (Å²) in [5.41, 5.74) is 1.85. The van der Waals surface area contributed by atoms with Crippen LogP contribution in [0.25, 0.3) is 11.0 Å². The summed E-state index contributed by atoms with van der Waals surface area (Å²) in [7, 11) is 0. The maximum atomic E-state index is 13.6. The highest BCUT2D eigenvalue weighted by molar-refractivity contribution is 5.76. The first kappa shape index (κ1) is 22.5. The molecule has 1 fully saturated rings. The highest BCUT2D eigenvalue weighted by atomic mass is 19.4. The van der Waals surface area contributed by atoms with Crippen molar-refractivity contribution in [1.82, 2.24) is 14.0 Å². The minimum Gasteiger partial charge on any atom is -0.299 e. The molecule has 176 valence electrons. The molecule has 0 saturated carbocycles. The number of hydrogen-bond donors (Lipinski definition) is 0. The number of alkyl halides is 3. The first-order valence-electron chi connectivity index (χ1n) is 11.5. The third-order valence-corrected chi connectivity index (χ3v) is 6.69. The van der Waals surface area contributed by atoms with Crippen LogP contribution in [0, 0.1) is 0 Å². The third-order valence-electron chi connectivity index (χ3n) is 6.69. The fourth-order valence-corrected chi connectivity index (χ4v) is 5.02. The number of para-hydroxylation sites is 2. The van der Waals surface area contributed by atoms with Gasteiger partial charge in [-0.1, -0.05) is 60.7 Å². The lowest BCUT2D eigenvalue weighted by Crippen LogP contribution is -2.37. The summed E-state index contributed by atoms with van der Waals surface area (Å²) in [5.74, 6) is 0. The Morgan fingerprint density at radius 2 is 1.38 bits per heavy atom. The van der Waals surface area contributed by atoms with Crippen LogP contribution >= 0.6 is 0 Å². The van der Waals surface area contributed by atoms with Crippen molar-refractivity contribution in [3.8, 4) is 0 Å². The maximum Gasteiger partial charge on any atom is 0.416 e. The molecule has 7 heteroatoms. The number of rotatable bonds is 5. The molecule has 0 spiro atoms. The standard InChI is InChI=1S/C27H26F3N3O/c28-27(29,30)23-11-5-4-10-21(23)19-32-24-12-6-7-13-25(24)33(26(32)34)22-14-16-31(17-15-22)18-20-8-2-1-3-9-20/h1-13,22H,14-19H2. The maximum absolute atomic E-state index is 13.6. The van der Waals surface area contributed by atoms with Gasteiger partial charge in [-0.05, 0) is 42.2 Å². The van der Waals surface area contributed by atoms with Crippen molar-refractivity contribution in [2.75, 3.05) is 13.1 Å². The van der Waals surface area contributed by atoms with Crippen LogP contribution in [-0.4, -0.2) is 27.1 Å². The Bertz CT molecular complexity index is 1330. The lowest BCUT2D eigenvalue weighted by Gasteiger charge is -2.32. The van der Waals surface area contributed by atoms with Crippen molar-refractivity contribution in [1.29, 1.82) is 0 Å². The Hall–Kier alpha value is -3.32. The average molecular weight is 466 g/mol. The van der Waals surface area contributed by atoms with E-state index in [1.807, 2.05) is 42.5 Å². The van der Waals surface area contributed by atoms with Crippen LogP contribution < -0.4 is 5.69 Å². The first-order valence-corrected chi connectivity index (χ1v) is 11.5. The Morgan fingerprint density at radius 1 is 0.765 bits per heavy atom. The number of hydrogen-bond acceptors (Lipinski definition) is 2. The predicted octanol–water partition coefficient (Wildman–Crippen LogP) is 5.71. The van der Waals surface area contributed by atoms with E-state index >= 15 is 0 Å². The third kappa shape index (κ3) is 4.40. The van der Waals surface area contributed by atoms with Crippen LogP contribution in [-0.2, 0) is 19.3 Å². The number of halogens is 3. The summed E-state index contributed by atoms with van der Waals surface area (Å²) in [4.78, 5) is 15.9. The molecule has 34 heavy (non-hydrogen) atoms. The van der Waals surface area contributed by atoms with Gasteiger partial charge in [-0.3, -0.25) is 14.0 Å². The molecule has 0 atom stereocenters. The van der Waals surface area contributed by atoms with Gasteiger partial charge in [0, 0.05) is 25.7 Å². The topological polar surface area (TPSA) is 30.2 Å². The number of nitrogens with zero attached hydrogens (tertiary/aromatic N) is 3. The van der Waals surface area contributed by atoms with Crippen LogP contribution in [0.3, 0.4) is 0 Å². The van der Waals surface area contributed by atoms with E-state index in [9.17, 15) is 18.0 Å². The molecule has 1 saturated heterocycles. The largest absolute Gasteiger partial charge is 0.416 e. The zero-order valence-electron chi connectivity index (χ0n) is 18.7. The summed E-state index contributed by atoms with van der Waals surface area (Å²) >= 11 is 0. The van der Waals surface area contributed by atoms with E-state index in [1.54, 1.807) is 10.6 Å². The van der Waals surface area contributed by atoms with E-state index in [4.69, 9.17) is 0 Å². The molecule has 0 radical (unpaired) electrons. The van der Waals surface area contributed by atoms with Gasteiger partial charge in [0.2, 0.25) is 0 Å². The number of imidazole rings is 1. The molecule has 0 N–H and O–H groups in total. The second-order valence-corrected chi connectivity index (χ2v) is 8.88. The molecule has 1 aliphatic heterocycles. The molecular formula is C27H26F3N3O. The van der Waals surface area contributed by atoms with E-state index in [0.717, 1.165) is 44.1 Å². The molecular weight excluding hydrogens is 439 g/mol. The summed E-state index contributed by atoms with van der Waals surface area (Å²) < 4.78 is 44.0. The smallest absolute Gasteiger partial charge is 0.299 e. The lowest BCUT2D eigenvalue weighted by atomic mass is 10.0. The predicted molar refractivity (Wildman–Crippen MR) is 127 cm³/mol. The molecule has 5 rings (SSSR count). The van der Waals surface area contributed by atoms with Gasteiger partial charge in [0.25, 0.3) is 0 Å². The summed E-state index contributed by atoms with van der Waals surface area (Å²) in [5, 5.41) is 0. The van der Waals surface area contributed by atoms with Crippen molar-refractivity contribution < 1.29 is 13.2 Å². The first-order chi connectivity index (χ1) is 16.4. The molecule has 1 aromatic heterocycles. The van der Waals surface area contributed by atoms with E-state index in [1.165, 1.54) is 22.3 Å². The Labute approximate surface area is 195 Å². The molecule has 0 amide bonds. The van der Waals surface area contributed by atoms with Gasteiger partial charge in [0.1, 0.15) is 0 Å². The SMILES string of the molecule is O=c1n(Cc2ccccc2C(F)(F)F)c2ccccc2n1C1CCN(Cc2ccccc2)CC1. The fraction of sp³-hybridized carbons (Fsp3) is 0.296. The Kier molecular flexibility index (Phi) is 6.04. The molecule has 0 unspecified atom stereocenters. The van der Waals surface area contributed by atoms with E-state index in [2.05, 4.69) is 17.0 Å². The highest BCUT2D eigenvalue weighted by Gasteiger charge is 2.33. The fourth-order valence-electron chi connectivity index (χ4n) is 5.02. The zero-order valence-corrected chi connectivity index (χ0v) is 18.7. The number of likely N-dealkylation sites (tertiary alicyclic amines) is 1. The lowest BCUT2D eigenvalue weighted by molar-refractivity contribution is -0.138. The van der Waals surface area contributed by atoms with Gasteiger partial charge in [-0.2, -0.15) is 13.2 Å². The minimum atomic E-state index is -4.47. The second kappa shape index (κ2) is 9.14. The van der Waals surface area contributed by atoms with Gasteiger partial charge in [-0.25, -0.2) is 4.79 Å². The van der Waals surface area contributed by atoms with Crippen LogP contribution in [0.2, 0.25) is 0 Å². The molecule has 4 aromatic rings. The van der Waals surface area contributed by atoms with Crippen LogP contribution in [0.4, 0.5) is 13.2 Å². The van der Waals surface area contributed by atoms with Gasteiger partial charge in [0.05, 0.1) is 23.1 Å². The van der Waals surface area contributed by atoms with E-state index in [0.29, 0.717) is 5.52 Å². The highest BCUT2D eigenvalue weighted by Crippen LogP contribution is 2.33. The van der Waals surface area contributed by atoms with Crippen molar-refractivity contribution >= 4 is 11.0 Å². The number of piperidine rings is 1. The van der Waals surface area contributed by atoms with Gasteiger partial charge >= 0.3 is 11.9 Å². The van der Waals surface area contributed by atoms with E-state index < -0.39 is 11.7 Å². The van der Waals surface area contributed by atoms with Crippen molar-refractivity contribution in [2.45, 2.75) is 38.1 Å². The van der Waals surface area contributed by atoms with Crippen molar-refractivity contribution in [3.63, 3.8) is 0 Å². The molecule has 4 nitrogen and oxygen atoms in total. The summed E-state index contributed by atoms with van der Waals surface area (Å²) in [6.45, 7) is 2.48. The van der Waals surface area contributed by atoms with Crippen molar-refractivity contribution in [2.24, 2.45) is 0 Å². The van der Waals surface area contributed by atoms with Gasteiger partial charge < -0.3 is 0 Å². The normalized spacial score (nSPS) is 15.7. The average Bonchev–Trinajstić information content (AvgIpc) is 3.11. The molecule has 3 aromatic carbocycles. The monoisotopic (exact) mass is 465 g/mol. The van der Waals surface area contributed by atoms with Crippen LogP contribution in [0.1, 0.15) is 35.6 Å². The molecule has 0 bridgehead atoms. The minimum absolute atomic E-state index is 0.0172. The van der Waals surface area contributed by atoms with E-state index in [-0.39, 0.29) is 23.8 Å². The quantitative estimate of drug-likeness (QED) is 0.378. The molecule has 1 aliphatic rings.